The molecule has 2 aliphatic rings. The highest BCUT2D eigenvalue weighted by Crippen LogP contribution is 2.30. The number of nitrogens with one attached hydrogen (secondary N) is 1. The van der Waals surface area contributed by atoms with Crippen molar-refractivity contribution in [3.63, 3.8) is 0 Å². The van der Waals surface area contributed by atoms with Gasteiger partial charge in [-0.25, -0.2) is 0 Å². The summed E-state index contributed by atoms with van der Waals surface area (Å²) in [6.45, 7) is -0.164. The predicted octanol–water partition coefficient (Wildman–Crippen LogP) is 4.26. The van der Waals surface area contributed by atoms with Crippen LogP contribution in [0.3, 0.4) is 0 Å². The summed E-state index contributed by atoms with van der Waals surface area (Å²) in [6.07, 6.45) is 3.24. The van der Waals surface area contributed by atoms with Crippen molar-refractivity contribution in [3.8, 4) is 11.5 Å². The van der Waals surface area contributed by atoms with Gasteiger partial charge in [0.15, 0.2) is 18.1 Å². The Kier molecular flexibility index (Phi) is 8.86. The maximum Gasteiger partial charge on any atom is 0.422 e. The Morgan fingerprint density at radius 2 is 1.76 bits per heavy atom. The SMILES string of the molecule is COc1cc(CCC(=O)N2CCC(NC(=O)C3CCCCC3)CC2)ccc1OCC(F)(F)F. The molecule has 6 nitrogen and oxygen atoms in total. The van der Waals surface area contributed by atoms with Crippen LogP contribution in [0.25, 0.3) is 0 Å². The van der Waals surface area contributed by atoms with Crippen LogP contribution in [0.5, 0.6) is 11.5 Å². The molecule has 1 aliphatic heterocycles. The first-order valence-corrected chi connectivity index (χ1v) is 11.7. The van der Waals surface area contributed by atoms with E-state index in [0.717, 1.165) is 44.1 Å². The van der Waals surface area contributed by atoms with E-state index in [1.54, 1.807) is 12.1 Å². The fraction of sp³-hybridized carbons (Fsp3) is 0.667. The average molecular weight is 471 g/mol. The van der Waals surface area contributed by atoms with Crippen LogP contribution in [0, 0.1) is 5.92 Å². The molecule has 0 atom stereocenters. The van der Waals surface area contributed by atoms with E-state index in [1.165, 1.54) is 19.6 Å². The molecule has 1 aromatic carbocycles. The molecule has 1 aliphatic carbocycles. The van der Waals surface area contributed by atoms with E-state index in [9.17, 15) is 22.8 Å². The fourth-order valence-electron chi connectivity index (χ4n) is 4.51. The van der Waals surface area contributed by atoms with E-state index in [4.69, 9.17) is 9.47 Å². The molecule has 1 saturated heterocycles. The van der Waals surface area contributed by atoms with Crippen LogP contribution in [0.15, 0.2) is 18.2 Å². The summed E-state index contributed by atoms with van der Waals surface area (Å²) in [6, 6.07) is 4.81. The first kappa shape index (κ1) is 25.2. The molecule has 2 fully saturated rings. The van der Waals surface area contributed by atoms with Gasteiger partial charge in [-0.3, -0.25) is 9.59 Å². The third-order valence-electron chi connectivity index (χ3n) is 6.42. The molecule has 0 radical (unpaired) electrons. The van der Waals surface area contributed by atoms with Gasteiger partial charge < -0.3 is 19.7 Å². The van der Waals surface area contributed by atoms with Crippen molar-refractivity contribution in [1.29, 1.82) is 0 Å². The first-order valence-electron chi connectivity index (χ1n) is 11.7. The van der Waals surface area contributed by atoms with Gasteiger partial charge in [-0.15, -0.1) is 0 Å². The Hall–Kier alpha value is -2.45. The lowest BCUT2D eigenvalue weighted by Crippen LogP contribution is -2.48. The summed E-state index contributed by atoms with van der Waals surface area (Å²) in [5.41, 5.74) is 0.786. The molecule has 1 aromatic rings. The highest BCUT2D eigenvalue weighted by Gasteiger charge is 2.29. The number of alkyl halides is 3. The first-order chi connectivity index (χ1) is 15.7. The average Bonchev–Trinajstić information content (AvgIpc) is 2.82. The number of halogens is 3. The van der Waals surface area contributed by atoms with E-state index >= 15 is 0 Å². The second kappa shape index (κ2) is 11.6. The van der Waals surface area contributed by atoms with Crippen molar-refractivity contribution in [2.75, 3.05) is 26.8 Å². The molecular formula is C24H33F3N2O4. The van der Waals surface area contributed by atoms with Gasteiger partial charge in [0.05, 0.1) is 7.11 Å². The largest absolute Gasteiger partial charge is 0.493 e. The number of rotatable bonds is 8. The van der Waals surface area contributed by atoms with Gasteiger partial charge in [0.2, 0.25) is 11.8 Å². The third kappa shape index (κ3) is 7.82. The Morgan fingerprint density at radius 1 is 1.06 bits per heavy atom. The van der Waals surface area contributed by atoms with Crippen LogP contribution >= 0.6 is 0 Å². The number of carbonyl (C=O) groups is 2. The Balaban J connectivity index is 1.42. The number of hydrogen-bond acceptors (Lipinski definition) is 4. The fourth-order valence-corrected chi connectivity index (χ4v) is 4.51. The van der Waals surface area contributed by atoms with Crippen molar-refractivity contribution in [2.24, 2.45) is 5.92 Å². The van der Waals surface area contributed by atoms with Gasteiger partial charge in [-0.05, 0) is 49.8 Å². The van der Waals surface area contributed by atoms with Crippen LogP contribution in [0.2, 0.25) is 0 Å². The lowest BCUT2D eigenvalue weighted by atomic mass is 9.88. The number of likely N-dealkylation sites (tertiary alicyclic amines) is 1. The number of methoxy groups -OCH3 is 1. The van der Waals surface area contributed by atoms with Crippen LogP contribution in [0.4, 0.5) is 13.2 Å². The quantitative estimate of drug-likeness (QED) is 0.617. The molecule has 0 unspecified atom stereocenters. The van der Waals surface area contributed by atoms with Crippen molar-refractivity contribution >= 4 is 11.8 Å². The number of piperidine rings is 1. The lowest BCUT2D eigenvalue weighted by Gasteiger charge is -2.33. The minimum atomic E-state index is -4.43. The van der Waals surface area contributed by atoms with Crippen molar-refractivity contribution < 1.29 is 32.2 Å². The van der Waals surface area contributed by atoms with Crippen LogP contribution < -0.4 is 14.8 Å². The minimum absolute atomic E-state index is 0.0160. The van der Waals surface area contributed by atoms with Gasteiger partial charge >= 0.3 is 6.18 Å². The zero-order valence-electron chi connectivity index (χ0n) is 19.1. The zero-order chi connectivity index (χ0) is 23.8. The van der Waals surface area contributed by atoms with Gasteiger partial charge in [0.1, 0.15) is 0 Å². The highest BCUT2D eigenvalue weighted by atomic mass is 19.4. The molecule has 9 heteroatoms. The van der Waals surface area contributed by atoms with Crippen LogP contribution in [0.1, 0.15) is 56.9 Å². The van der Waals surface area contributed by atoms with Gasteiger partial charge in [-0.2, -0.15) is 13.2 Å². The molecule has 0 bridgehead atoms. The van der Waals surface area contributed by atoms with Gasteiger partial charge in [0.25, 0.3) is 0 Å². The predicted molar refractivity (Wildman–Crippen MR) is 117 cm³/mol. The topological polar surface area (TPSA) is 67.9 Å². The van der Waals surface area contributed by atoms with Gasteiger partial charge in [-0.1, -0.05) is 25.3 Å². The maximum absolute atomic E-state index is 12.6. The Bertz CT molecular complexity index is 801. The summed E-state index contributed by atoms with van der Waals surface area (Å²) in [7, 11) is 1.36. The molecule has 1 heterocycles. The number of aryl methyl sites for hydroxylation is 1. The molecule has 184 valence electrons. The molecule has 0 aromatic heterocycles. The van der Waals surface area contributed by atoms with E-state index in [0.29, 0.717) is 25.9 Å². The monoisotopic (exact) mass is 470 g/mol. The van der Waals surface area contributed by atoms with Crippen molar-refractivity contribution in [1.82, 2.24) is 10.2 Å². The second-order valence-electron chi connectivity index (χ2n) is 8.89. The molecule has 3 rings (SSSR count). The van der Waals surface area contributed by atoms with Crippen molar-refractivity contribution in [2.45, 2.75) is 70.0 Å². The Morgan fingerprint density at radius 3 is 2.39 bits per heavy atom. The third-order valence-corrected chi connectivity index (χ3v) is 6.42. The number of benzene rings is 1. The highest BCUT2D eigenvalue weighted by molar-refractivity contribution is 5.79. The van der Waals surface area contributed by atoms with E-state index in [1.807, 2.05) is 4.90 Å². The minimum Gasteiger partial charge on any atom is -0.493 e. The van der Waals surface area contributed by atoms with E-state index < -0.39 is 12.8 Å². The normalized spacial score (nSPS) is 18.1. The van der Waals surface area contributed by atoms with Gasteiger partial charge in [0, 0.05) is 31.5 Å². The summed E-state index contributed by atoms with van der Waals surface area (Å²) >= 11 is 0. The summed E-state index contributed by atoms with van der Waals surface area (Å²) in [5.74, 6) is 0.557. The number of amides is 2. The maximum atomic E-state index is 12.6. The molecule has 0 spiro atoms. The number of ether oxygens (including phenoxy) is 2. The number of nitrogens with zero attached hydrogens (tertiary/aromatic N) is 1. The van der Waals surface area contributed by atoms with Crippen LogP contribution in [-0.2, 0) is 16.0 Å². The van der Waals surface area contributed by atoms with Crippen molar-refractivity contribution in [3.05, 3.63) is 23.8 Å². The van der Waals surface area contributed by atoms with E-state index in [-0.39, 0.29) is 35.3 Å². The Labute approximate surface area is 192 Å². The molecule has 1 saturated carbocycles. The van der Waals surface area contributed by atoms with Crippen LogP contribution in [-0.4, -0.2) is 55.7 Å². The molecular weight excluding hydrogens is 437 g/mol. The number of hydrogen-bond donors (Lipinski definition) is 1. The standard InChI is InChI=1S/C24H33F3N2O4/c1-32-21-15-17(7-9-20(21)33-16-24(25,26)27)8-10-22(30)29-13-11-19(12-14-29)28-23(31)18-5-3-2-4-6-18/h7,9,15,18-19H,2-6,8,10-14,16H2,1H3,(H,28,31). The summed E-state index contributed by atoms with van der Waals surface area (Å²) < 4.78 is 47.1. The molecule has 2 amide bonds. The number of carbonyl (C=O) groups excluding carboxylic acids is 2. The van der Waals surface area contributed by atoms with E-state index in [2.05, 4.69) is 5.32 Å². The molecule has 33 heavy (non-hydrogen) atoms. The molecule has 1 N–H and O–H groups in total. The second-order valence-corrected chi connectivity index (χ2v) is 8.89. The smallest absolute Gasteiger partial charge is 0.422 e. The lowest BCUT2D eigenvalue weighted by molar-refractivity contribution is -0.153. The summed E-state index contributed by atoms with van der Waals surface area (Å²) in [4.78, 5) is 26.9. The summed E-state index contributed by atoms with van der Waals surface area (Å²) in [5, 5.41) is 3.17. The zero-order valence-corrected chi connectivity index (χ0v) is 19.1.